The summed E-state index contributed by atoms with van der Waals surface area (Å²) in [5.41, 5.74) is 2.16. The Labute approximate surface area is 130 Å². The molecule has 2 heterocycles. The van der Waals surface area contributed by atoms with Crippen LogP contribution in [0.15, 0.2) is 48.7 Å². The average molecular weight is 295 g/mol. The molecular weight excluding hydrogens is 274 g/mol. The van der Waals surface area contributed by atoms with Crippen LogP contribution in [0, 0.1) is 0 Å². The summed E-state index contributed by atoms with van der Waals surface area (Å²) in [5.74, 6) is 1.77. The molecule has 4 nitrogen and oxygen atoms in total. The smallest absolute Gasteiger partial charge is 0.213 e. The number of hydrogen-bond acceptors (Lipinski definition) is 3. The highest BCUT2D eigenvalue weighted by atomic mass is 16.5. The van der Waals surface area contributed by atoms with Crippen molar-refractivity contribution in [2.24, 2.45) is 0 Å². The summed E-state index contributed by atoms with van der Waals surface area (Å²) in [6, 6.07) is 13.9. The molecule has 0 saturated heterocycles. The molecule has 1 atom stereocenters. The minimum atomic E-state index is 0.186. The molecule has 4 heteroatoms. The Morgan fingerprint density at radius 3 is 2.77 bits per heavy atom. The van der Waals surface area contributed by atoms with Crippen molar-refractivity contribution in [2.45, 2.75) is 38.7 Å². The lowest BCUT2D eigenvalue weighted by molar-refractivity contribution is 0.198. The van der Waals surface area contributed by atoms with E-state index in [4.69, 9.17) is 4.74 Å². The molecule has 0 amide bonds. The molecule has 22 heavy (non-hydrogen) atoms. The topological polar surface area (TPSA) is 50.8 Å². The number of rotatable bonds is 7. The number of pyridine rings is 1. The number of hydrogen-bond donors (Lipinski definition) is 1. The van der Waals surface area contributed by atoms with Crippen LogP contribution in [0.4, 0.5) is 0 Å². The van der Waals surface area contributed by atoms with Crippen LogP contribution in [0.1, 0.15) is 32.0 Å². The molecule has 1 unspecified atom stereocenters. The quantitative estimate of drug-likeness (QED) is 0.666. The van der Waals surface area contributed by atoms with Crippen molar-refractivity contribution in [3.63, 3.8) is 0 Å². The Kier molecular flexibility index (Phi) is 4.68. The van der Waals surface area contributed by atoms with E-state index in [0.29, 0.717) is 5.88 Å². The normalized spacial score (nSPS) is 12.4. The maximum absolute atomic E-state index is 5.78. The number of nitrogens with zero attached hydrogens (tertiary/aromatic N) is 2. The number of aromatic amines is 1. The van der Waals surface area contributed by atoms with Crippen molar-refractivity contribution in [1.82, 2.24) is 15.0 Å². The van der Waals surface area contributed by atoms with E-state index >= 15 is 0 Å². The summed E-state index contributed by atoms with van der Waals surface area (Å²) >= 11 is 0. The number of imidazole rings is 1. The number of aromatic nitrogens is 3. The molecule has 3 aromatic rings. The van der Waals surface area contributed by atoms with Gasteiger partial charge in [-0.1, -0.05) is 18.2 Å². The number of unbranched alkanes of at least 4 members (excludes halogenated alkanes) is 1. The molecule has 0 spiro atoms. The largest absolute Gasteiger partial charge is 0.475 e. The van der Waals surface area contributed by atoms with Gasteiger partial charge in [-0.15, -0.1) is 0 Å². The first-order chi connectivity index (χ1) is 10.8. The van der Waals surface area contributed by atoms with Crippen LogP contribution in [0.3, 0.4) is 0 Å². The first-order valence-electron chi connectivity index (χ1n) is 7.82. The summed E-state index contributed by atoms with van der Waals surface area (Å²) in [6.07, 6.45) is 6.16. The minimum Gasteiger partial charge on any atom is -0.475 e. The third-order valence-electron chi connectivity index (χ3n) is 3.67. The van der Waals surface area contributed by atoms with Crippen molar-refractivity contribution < 1.29 is 4.74 Å². The molecule has 0 aliphatic heterocycles. The van der Waals surface area contributed by atoms with Gasteiger partial charge in [-0.25, -0.2) is 9.97 Å². The van der Waals surface area contributed by atoms with Crippen molar-refractivity contribution >= 4 is 11.0 Å². The van der Waals surface area contributed by atoms with E-state index in [1.165, 1.54) is 0 Å². The Morgan fingerprint density at radius 2 is 1.95 bits per heavy atom. The van der Waals surface area contributed by atoms with Gasteiger partial charge in [0.1, 0.15) is 5.82 Å². The second-order valence-electron chi connectivity index (χ2n) is 5.54. The van der Waals surface area contributed by atoms with Gasteiger partial charge in [0.05, 0.1) is 17.1 Å². The molecule has 0 fully saturated rings. The number of benzene rings is 1. The summed E-state index contributed by atoms with van der Waals surface area (Å²) in [5, 5.41) is 0. The molecule has 1 N–H and O–H groups in total. The van der Waals surface area contributed by atoms with E-state index in [1.807, 2.05) is 36.4 Å². The van der Waals surface area contributed by atoms with Crippen molar-refractivity contribution in [2.75, 3.05) is 0 Å². The SMILES string of the molecule is CC(CCCCc1nc2ccccc2[nH]1)Oc1ccccn1. The lowest BCUT2D eigenvalue weighted by Gasteiger charge is -2.13. The van der Waals surface area contributed by atoms with Gasteiger partial charge in [-0.05, 0) is 44.4 Å². The van der Waals surface area contributed by atoms with Crippen LogP contribution < -0.4 is 4.74 Å². The minimum absolute atomic E-state index is 0.186. The zero-order valence-corrected chi connectivity index (χ0v) is 12.8. The number of para-hydroxylation sites is 2. The third-order valence-corrected chi connectivity index (χ3v) is 3.67. The summed E-state index contributed by atoms with van der Waals surface area (Å²) < 4.78 is 5.78. The van der Waals surface area contributed by atoms with E-state index in [9.17, 15) is 0 Å². The fourth-order valence-electron chi connectivity index (χ4n) is 2.53. The first kappa shape index (κ1) is 14.6. The van der Waals surface area contributed by atoms with Crippen LogP contribution in [-0.2, 0) is 6.42 Å². The highest BCUT2D eigenvalue weighted by Crippen LogP contribution is 2.14. The molecule has 0 saturated carbocycles. The molecule has 0 aliphatic rings. The molecule has 114 valence electrons. The standard InChI is InChI=1S/C18H21N3O/c1-14(22-18-12-6-7-13-19-18)8-2-5-11-17-20-15-9-3-4-10-16(15)21-17/h3-4,6-7,9-10,12-14H,2,5,8,11H2,1H3,(H,20,21). The van der Waals surface area contributed by atoms with E-state index in [2.05, 4.69) is 27.9 Å². The Hall–Kier alpha value is -2.36. The van der Waals surface area contributed by atoms with Crippen LogP contribution >= 0.6 is 0 Å². The number of ether oxygens (including phenoxy) is 1. The second-order valence-corrected chi connectivity index (χ2v) is 5.54. The van der Waals surface area contributed by atoms with Crippen LogP contribution in [0.2, 0.25) is 0 Å². The predicted octanol–water partition coefficient (Wildman–Crippen LogP) is 4.14. The lowest BCUT2D eigenvalue weighted by atomic mass is 10.1. The van der Waals surface area contributed by atoms with Gasteiger partial charge in [0.15, 0.2) is 0 Å². The Balaban J connectivity index is 1.41. The van der Waals surface area contributed by atoms with Crippen LogP contribution in [0.5, 0.6) is 5.88 Å². The highest BCUT2D eigenvalue weighted by Gasteiger charge is 2.06. The van der Waals surface area contributed by atoms with E-state index in [-0.39, 0.29) is 6.10 Å². The van der Waals surface area contributed by atoms with Gasteiger partial charge in [0.2, 0.25) is 5.88 Å². The Bertz CT molecular complexity index is 675. The van der Waals surface area contributed by atoms with Gasteiger partial charge in [-0.3, -0.25) is 0 Å². The molecular formula is C18H21N3O. The number of nitrogens with one attached hydrogen (secondary N) is 1. The molecule has 1 aromatic carbocycles. The Morgan fingerprint density at radius 1 is 1.09 bits per heavy atom. The third kappa shape index (κ3) is 3.85. The molecule has 2 aromatic heterocycles. The second kappa shape index (κ2) is 7.07. The maximum atomic E-state index is 5.78. The first-order valence-corrected chi connectivity index (χ1v) is 7.82. The van der Waals surface area contributed by atoms with Gasteiger partial charge < -0.3 is 9.72 Å². The zero-order chi connectivity index (χ0) is 15.2. The van der Waals surface area contributed by atoms with Crippen LogP contribution in [0.25, 0.3) is 11.0 Å². The number of aryl methyl sites for hydroxylation is 1. The van der Waals surface area contributed by atoms with Crippen molar-refractivity contribution in [1.29, 1.82) is 0 Å². The lowest BCUT2D eigenvalue weighted by Crippen LogP contribution is -2.12. The van der Waals surface area contributed by atoms with E-state index < -0.39 is 0 Å². The number of H-pyrrole nitrogens is 1. The summed E-state index contributed by atoms with van der Waals surface area (Å²) in [6.45, 7) is 2.09. The average Bonchev–Trinajstić information content (AvgIpc) is 2.95. The van der Waals surface area contributed by atoms with Gasteiger partial charge in [-0.2, -0.15) is 0 Å². The fourth-order valence-corrected chi connectivity index (χ4v) is 2.53. The van der Waals surface area contributed by atoms with Gasteiger partial charge in [0.25, 0.3) is 0 Å². The molecule has 0 aliphatic carbocycles. The van der Waals surface area contributed by atoms with E-state index in [0.717, 1.165) is 42.5 Å². The fraction of sp³-hybridized carbons (Fsp3) is 0.333. The van der Waals surface area contributed by atoms with Crippen LogP contribution in [-0.4, -0.2) is 21.1 Å². The summed E-state index contributed by atoms with van der Waals surface area (Å²) in [7, 11) is 0. The zero-order valence-electron chi connectivity index (χ0n) is 12.8. The molecule has 3 rings (SSSR count). The summed E-state index contributed by atoms with van der Waals surface area (Å²) in [4.78, 5) is 12.2. The maximum Gasteiger partial charge on any atom is 0.213 e. The van der Waals surface area contributed by atoms with Gasteiger partial charge >= 0.3 is 0 Å². The molecule has 0 radical (unpaired) electrons. The predicted molar refractivity (Wildman–Crippen MR) is 88.0 cm³/mol. The van der Waals surface area contributed by atoms with Gasteiger partial charge in [0, 0.05) is 18.7 Å². The van der Waals surface area contributed by atoms with Crippen molar-refractivity contribution in [3.8, 4) is 5.88 Å². The van der Waals surface area contributed by atoms with Crippen molar-refractivity contribution in [3.05, 3.63) is 54.5 Å². The molecule has 0 bridgehead atoms. The van der Waals surface area contributed by atoms with E-state index in [1.54, 1.807) is 6.20 Å². The monoisotopic (exact) mass is 295 g/mol. The highest BCUT2D eigenvalue weighted by molar-refractivity contribution is 5.74. The number of fused-ring (bicyclic) bond motifs is 1.